The molecule has 0 amide bonds. The summed E-state index contributed by atoms with van der Waals surface area (Å²) in [7, 11) is 2.04. The summed E-state index contributed by atoms with van der Waals surface area (Å²) in [5.41, 5.74) is 0. The lowest BCUT2D eigenvalue weighted by molar-refractivity contribution is -0.121. The second kappa shape index (κ2) is 3.35. The molecule has 64 valence electrons. The zero-order chi connectivity index (χ0) is 8.43. The Balaban J connectivity index is 2.63. The van der Waals surface area contributed by atoms with Crippen molar-refractivity contribution in [2.75, 3.05) is 13.6 Å². The Bertz CT molecular complexity index is 156. The van der Waals surface area contributed by atoms with Gasteiger partial charge in [-0.15, -0.1) is 0 Å². The first-order chi connectivity index (χ1) is 5.16. The Morgan fingerprint density at radius 2 is 2.27 bits per heavy atom. The number of rotatable bonds is 2. The minimum Gasteiger partial charge on any atom is -0.298 e. The number of likely N-dealkylation sites (N-methyl/N-ethyl adjacent to an activating group) is 1. The quantitative estimate of drug-likeness (QED) is 0.599. The molecule has 1 fully saturated rings. The van der Waals surface area contributed by atoms with Crippen molar-refractivity contribution in [2.24, 2.45) is 5.92 Å². The average molecular weight is 155 g/mol. The number of Topliss-reactive ketones (excluding diaryl/α,β-unsaturated/α-hetero) is 1. The molecule has 0 N–H and O–H groups in total. The molecule has 2 heteroatoms. The van der Waals surface area contributed by atoms with Gasteiger partial charge in [0.1, 0.15) is 5.78 Å². The van der Waals surface area contributed by atoms with Gasteiger partial charge in [-0.25, -0.2) is 0 Å². The third-order valence-electron chi connectivity index (χ3n) is 2.71. The summed E-state index contributed by atoms with van der Waals surface area (Å²) in [6.07, 6.45) is 2.33. The van der Waals surface area contributed by atoms with Gasteiger partial charge in [0.25, 0.3) is 0 Å². The lowest BCUT2D eigenvalue weighted by Crippen LogP contribution is -2.35. The van der Waals surface area contributed by atoms with Crippen LogP contribution in [0.4, 0.5) is 0 Å². The predicted molar refractivity (Wildman–Crippen MR) is 45.5 cm³/mol. The lowest BCUT2D eigenvalue weighted by atomic mass is 9.95. The van der Waals surface area contributed by atoms with Crippen LogP contribution in [-0.4, -0.2) is 30.3 Å². The summed E-state index contributed by atoms with van der Waals surface area (Å²) >= 11 is 0. The third-order valence-corrected chi connectivity index (χ3v) is 2.71. The van der Waals surface area contributed by atoms with Gasteiger partial charge in [-0.3, -0.25) is 9.69 Å². The SMILES string of the molecule is CCC1CCN(C)C1C(C)=O. The molecule has 0 aromatic rings. The zero-order valence-electron chi connectivity index (χ0n) is 7.63. The molecule has 2 nitrogen and oxygen atoms in total. The molecule has 0 aromatic carbocycles. The van der Waals surface area contributed by atoms with Crippen LogP contribution in [-0.2, 0) is 4.79 Å². The molecule has 1 aliphatic heterocycles. The molecule has 1 aliphatic rings. The number of hydrogen-bond acceptors (Lipinski definition) is 2. The Kier molecular flexibility index (Phi) is 2.66. The van der Waals surface area contributed by atoms with Gasteiger partial charge in [0.2, 0.25) is 0 Å². The third kappa shape index (κ3) is 1.62. The summed E-state index contributed by atoms with van der Waals surface area (Å²) in [6, 6.07) is 0.208. The van der Waals surface area contributed by atoms with E-state index >= 15 is 0 Å². The monoisotopic (exact) mass is 155 g/mol. The van der Waals surface area contributed by atoms with Crippen LogP contribution in [0.3, 0.4) is 0 Å². The zero-order valence-corrected chi connectivity index (χ0v) is 7.63. The van der Waals surface area contributed by atoms with Crippen molar-refractivity contribution in [1.82, 2.24) is 4.90 Å². The van der Waals surface area contributed by atoms with E-state index in [1.54, 1.807) is 6.92 Å². The Hall–Kier alpha value is -0.370. The molecule has 0 radical (unpaired) electrons. The van der Waals surface area contributed by atoms with E-state index in [4.69, 9.17) is 0 Å². The fraction of sp³-hybridized carbons (Fsp3) is 0.889. The van der Waals surface area contributed by atoms with E-state index in [2.05, 4.69) is 11.8 Å². The number of carbonyl (C=O) groups excluding carboxylic acids is 1. The molecule has 1 heterocycles. The van der Waals surface area contributed by atoms with Crippen LogP contribution in [0.25, 0.3) is 0 Å². The van der Waals surface area contributed by atoms with Crippen molar-refractivity contribution in [3.05, 3.63) is 0 Å². The summed E-state index contributed by atoms with van der Waals surface area (Å²) in [5, 5.41) is 0. The summed E-state index contributed by atoms with van der Waals surface area (Å²) in [6.45, 7) is 4.96. The van der Waals surface area contributed by atoms with E-state index in [9.17, 15) is 4.79 Å². The van der Waals surface area contributed by atoms with E-state index in [1.165, 1.54) is 6.42 Å². The predicted octanol–water partition coefficient (Wildman–Crippen LogP) is 1.31. The highest BCUT2D eigenvalue weighted by molar-refractivity contribution is 5.82. The number of likely N-dealkylation sites (tertiary alicyclic amines) is 1. The van der Waals surface area contributed by atoms with Crippen LogP contribution in [0.5, 0.6) is 0 Å². The standard InChI is InChI=1S/C9H17NO/c1-4-8-5-6-10(3)9(8)7(2)11/h8-9H,4-6H2,1-3H3. The second-order valence-corrected chi connectivity index (χ2v) is 3.49. The fourth-order valence-corrected chi connectivity index (χ4v) is 2.10. The Morgan fingerprint density at radius 3 is 2.64 bits per heavy atom. The van der Waals surface area contributed by atoms with Crippen molar-refractivity contribution in [1.29, 1.82) is 0 Å². The average Bonchev–Trinajstić information content (AvgIpc) is 2.30. The molecule has 2 unspecified atom stereocenters. The number of carbonyl (C=O) groups is 1. The van der Waals surface area contributed by atoms with E-state index in [0.29, 0.717) is 11.7 Å². The first-order valence-corrected chi connectivity index (χ1v) is 4.37. The van der Waals surface area contributed by atoms with Gasteiger partial charge in [-0.1, -0.05) is 13.3 Å². The first-order valence-electron chi connectivity index (χ1n) is 4.37. The molecule has 2 atom stereocenters. The molecule has 11 heavy (non-hydrogen) atoms. The normalized spacial score (nSPS) is 32.6. The highest BCUT2D eigenvalue weighted by Gasteiger charge is 2.33. The minimum absolute atomic E-state index is 0.208. The van der Waals surface area contributed by atoms with E-state index in [0.717, 1.165) is 13.0 Å². The first kappa shape index (κ1) is 8.72. The largest absolute Gasteiger partial charge is 0.298 e. The topological polar surface area (TPSA) is 20.3 Å². The molecule has 0 aromatic heterocycles. The number of ketones is 1. The van der Waals surface area contributed by atoms with Gasteiger partial charge in [-0.05, 0) is 32.9 Å². The van der Waals surface area contributed by atoms with Gasteiger partial charge in [-0.2, -0.15) is 0 Å². The van der Waals surface area contributed by atoms with E-state index in [1.807, 2.05) is 7.05 Å². The second-order valence-electron chi connectivity index (χ2n) is 3.49. The maximum Gasteiger partial charge on any atom is 0.147 e. The molecular weight excluding hydrogens is 138 g/mol. The van der Waals surface area contributed by atoms with Crippen LogP contribution in [0.1, 0.15) is 26.7 Å². The van der Waals surface area contributed by atoms with Crippen LogP contribution in [0, 0.1) is 5.92 Å². The summed E-state index contributed by atoms with van der Waals surface area (Å²) in [5.74, 6) is 0.939. The highest BCUT2D eigenvalue weighted by Crippen LogP contribution is 2.25. The molecule has 0 saturated carbocycles. The summed E-state index contributed by atoms with van der Waals surface area (Å²) < 4.78 is 0. The minimum atomic E-state index is 0.208. The van der Waals surface area contributed by atoms with Crippen LogP contribution in [0.2, 0.25) is 0 Å². The van der Waals surface area contributed by atoms with Gasteiger partial charge in [0.15, 0.2) is 0 Å². The number of hydrogen-bond donors (Lipinski definition) is 0. The molecule has 0 aliphatic carbocycles. The molecule has 0 bridgehead atoms. The smallest absolute Gasteiger partial charge is 0.147 e. The fourth-order valence-electron chi connectivity index (χ4n) is 2.10. The Labute approximate surface area is 68.6 Å². The van der Waals surface area contributed by atoms with Crippen LogP contribution < -0.4 is 0 Å². The van der Waals surface area contributed by atoms with Crippen molar-refractivity contribution in [3.8, 4) is 0 Å². The van der Waals surface area contributed by atoms with Crippen LogP contribution in [0.15, 0.2) is 0 Å². The highest BCUT2D eigenvalue weighted by atomic mass is 16.1. The molecular formula is C9H17NO. The van der Waals surface area contributed by atoms with Gasteiger partial charge in [0, 0.05) is 0 Å². The van der Waals surface area contributed by atoms with Crippen molar-refractivity contribution >= 4 is 5.78 Å². The molecule has 1 rings (SSSR count). The Morgan fingerprint density at radius 1 is 1.64 bits per heavy atom. The van der Waals surface area contributed by atoms with Gasteiger partial charge < -0.3 is 0 Å². The van der Waals surface area contributed by atoms with E-state index in [-0.39, 0.29) is 6.04 Å². The van der Waals surface area contributed by atoms with Crippen LogP contribution >= 0.6 is 0 Å². The van der Waals surface area contributed by atoms with Gasteiger partial charge in [0.05, 0.1) is 6.04 Å². The maximum absolute atomic E-state index is 11.2. The van der Waals surface area contributed by atoms with Gasteiger partial charge >= 0.3 is 0 Å². The lowest BCUT2D eigenvalue weighted by Gasteiger charge is -2.20. The number of nitrogens with zero attached hydrogens (tertiary/aromatic N) is 1. The van der Waals surface area contributed by atoms with Crippen molar-refractivity contribution < 1.29 is 4.79 Å². The molecule has 1 saturated heterocycles. The maximum atomic E-state index is 11.2. The van der Waals surface area contributed by atoms with Crippen molar-refractivity contribution in [3.63, 3.8) is 0 Å². The van der Waals surface area contributed by atoms with Crippen molar-refractivity contribution in [2.45, 2.75) is 32.7 Å². The molecule has 0 spiro atoms. The summed E-state index contributed by atoms with van der Waals surface area (Å²) in [4.78, 5) is 13.4. The van der Waals surface area contributed by atoms with E-state index < -0.39 is 0 Å².